The van der Waals surface area contributed by atoms with E-state index < -0.39 is 20.5 Å². The lowest BCUT2D eigenvalue weighted by Gasteiger charge is -2.32. The molecule has 0 spiro atoms. The Bertz CT molecular complexity index is 583. The summed E-state index contributed by atoms with van der Waals surface area (Å²) in [6.07, 6.45) is 0. The van der Waals surface area contributed by atoms with Crippen LogP contribution < -0.4 is 0 Å². The normalized spacial score (nSPS) is 12.7. The van der Waals surface area contributed by atoms with E-state index in [0.717, 1.165) is 10.4 Å². The molecule has 0 aliphatic heterocycles. The van der Waals surface area contributed by atoms with Gasteiger partial charge in [0.15, 0.2) is 0 Å². The number of sulfonamides is 1. The second-order valence-electron chi connectivity index (χ2n) is 4.70. The fraction of sp³-hybridized carbons (Fsp3) is 0.455. The van der Waals surface area contributed by atoms with Crippen LogP contribution in [0.15, 0.2) is 29.2 Å². The van der Waals surface area contributed by atoms with Crippen LogP contribution in [0.3, 0.4) is 0 Å². The lowest BCUT2D eigenvalue weighted by molar-refractivity contribution is -0.385. The van der Waals surface area contributed by atoms with E-state index in [1.165, 1.54) is 25.2 Å². The van der Waals surface area contributed by atoms with Crippen LogP contribution in [0.25, 0.3) is 0 Å². The van der Waals surface area contributed by atoms with Crippen molar-refractivity contribution in [3.05, 3.63) is 34.4 Å². The third-order valence-corrected chi connectivity index (χ3v) is 4.99. The molecule has 8 heteroatoms. The summed E-state index contributed by atoms with van der Waals surface area (Å²) in [6.45, 7) is 2.75. The number of hydrogen-bond acceptors (Lipinski definition) is 5. The first-order valence-electron chi connectivity index (χ1n) is 5.47. The van der Waals surface area contributed by atoms with Gasteiger partial charge < -0.3 is 5.11 Å². The van der Waals surface area contributed by atoms with Crippen molar-refractivity contribution in [1.82, 2.24) is 4.31 Å². The zero-order valence-corrected chi connectivity index (χ0v) is 11.7. The minimum atomic E-state index is -3.90. The van der Waals surface area contributed by atoms with Crippen LogP contribution in [0.1, 0.15) is 13.8 Å². The summed E-state index contributed by atoms with van der Waals surface area (Å²) >= 11 is 0. The number of nitrogens with zero attached hydrogens (tertiary/aromatic N) is 2. The molecule has 0 unspecified atom stereocenters. The van der Waals surface area contributed by atoms with E-state index in [2.05, 4.69) is 0 Å². The summed E-state index contributed by atoms with van der Waals surface area (Å²) in [5.41, 5.74) is -1.29. The summed E-state index contributed by atoms with van der Waals surface area (Å²) in [5.74, 6) is 0. The summed E-state index contributed by atoms with van der Waals surface area (Å²) in [7, 11) is -2.57. The quantitative estimate of drug-likeness (QED) is 0.643. The van der Waals surface area contributed by atoms with Crippen molar-refractivity contribution in [1.29, 1.82) is 0 Å². The maximum absolute atomic E-state index is 12.3. The largest absolute Gasteiger partial charge is 0.394 e. The lowest BCUT2D eigenvalue weighted by atomic mass is 10.1. The summed E-state index contributed by atoms with van der Waals surface area (Å²) in [6, 6.07) is 4.81. The Balaban J connectivity index is 3.28. The van der Waals surface area contributed by atoms with E-state index in [-0.39, 0.29) is 17.2 Å². The number of non-ortho nitro benzene ring substituents is 1. The smallest absolute Gasteiger partial charge is 0.270 e. The van der Waals surface area contributed by atoms with Crippen molar-refractivity contribution >= 4 is 15.7 Å². The van der Waals surface area contributed by atoms with Gasteiger partial charge in [0.25, 0.3) is 5.69 Å². The number of hydrogen-bond donors (Lipinski definition) is 1. The fourth-order valence-corrected chi connectivity index (χ4v) is 2.89. The van der Waals surface area contributed by atoms with Gasteiger partial charge in [0.2, 0.25) is 10.0 Å². The molecule has 0 fully saturated rings. The standard InChI is InChI=1S/C11H16N2O5S/c1-11(2,8-14)12(3)19(17,18)10-6-4-5-9(7-10)13(15)16/h4-7,14H,8H2,1-3H3. The third-order valence-electron chi connectivity index (χ3n) is 2.93. The van der Waals surface area contributed by atoms with Crippen LogP contribution in [0.4, 0.5) is 5.69 Å². The Hall–Kier alpha value is -1.51. The van der Waals surface area contributed by atoms with Gasteiger partial charge in [-0.3, -0.25) is 10.1 Å². The molecule has 0 saturated carbocycles. The van der Waals surface area contributed by atoms with E-state index in [4.69, 9.17) is 0 Å². The van der Waals surface area contributed by atoms with Gasteiger partial charge in [-0.2, -0.15) is 4.31 Å². The summed E-state index contributed by atoms with van der Waals surface area (Å²) < 4.78 is 25.6. The first kappa shape index (κ1) is 15.5. The van der Waals surface area contributed by atoms with E-state index in [1.807, 2.05) is 0 Å². The average Bonchev–Trinajstić information content (AvgIpc) is 2.37. The Labute approximate surface area is 111 Å². The molecule has 0 radical (unpaired) electrons. The molecule has 1 aromatic carbocycles. The highest BCUT2D eigenvalue weighted by molar-refractivity contribution is 7.89. The Morgan fingerprint density at radius 2 is 2.00 bits per heavy atom. The molecule has 19 heavy (non-hydrogen) atoms. The number of aliphatic hydroxyl groups is 1. The third kappa shape index (κ3) is 3.09. The number of likely N-dealkylation sites (N-methyl/N-ethyl adjacent to an activating group) is 1. The monoisotopic (exact) mass is 288 g/mol. The molecule has 106 valence electrons. The first-order valence-corrected chi connectivity index (χ1v) is 6.91. The zero-order valence-electron chi connectivity index (χ0n) is 10.9. The zero-order chi connectivity index (χ0) is 14.8. The molecule has 1 N–H and O–H groups in total. The first-order chi connectivity index (χ1) is 8.63. The molecule has 0 aliphatic carbocycles. The number of nitro benzene ring substituents is 1. The summed E-state index contributed by atoms with van der Waals surface area (Å²) in [4.78, 5) is 9.83. The highest BCUT2D eigenvalue weighted by atomic mass is 32.2. The molecule has 0 saturated heterocycles. The second-order valence-corrected chi connectivity index (χ2v) is 6.67. The van der Waals surface area contributed by atoms with Crippen molar-refractivity contribution in [3.8, 4) is 0 Å². The minimum Gasteiger partial charge on any atom is -0.394 e. The molecule has 0 aliphatic rings. The van der Waals surface area contributed by atoms with Gasteiger partial charge in [0.1, 0.15) is 0 Å². The maximum atomic E-state index is 12.3. The van der Waals surface area contributed by atoms with Gasteiger partial charge in [-0.05, 0) is 19.9 Å². The van der Waals surface area contributed by atoms with E-state index in [9.17, 15) is 23.6 Å². The van der Waals surface area contributed by atoms with Crippen LogP contribution >= 0.6 is 0 Å². The SMILES string of the molecule is CN(C(C)(C)CO)S(=O)(=O)c1cccc([N+](=O)[O-])c1. The van der Waals surface area contributed by atoms with E-state index in [1.54, 1.807) is 13.8 Å². The predicted octanol–water partition coefficient (Wildman–Crippen LogP) is 0.986. The van der Waals surface area contributed by atoms with Crippen LogP contribution in [-0.4, -0.2) is 41.9 Å². The molecule has 0 atom stereocenters. The van der Waals surface area contributed by atoms with Gasteiger partial charge >= 0.3 is 0 Å². The molecule has 0 aromatic heterocycles. The van der Waals surface area contributed by atoms with Gasteiger partial charge in [0.05, 0.1) is 22.0 Å². The van der Waals surface area contributed by atoms with Crippen LogP contribution in [-0.2, 0) is 10.0 Å². The molecule has 0 bridgehead atoms. The van der Waals surface area contributed by atoms with Crippen molar-refractivity contribution in [3.63, 3.8) is 0 Å². The van der Waals surface area contributed by atoms with Gasteiger partial charge in [-0.15, -0.1) is 0 Å². The van der Waals surface area contributed by atoms with Crippen molar-refractivity contribution in [2.45, 2.75) is 24.3 Å². The van der Waals surface area contributed by atoms with Crippen LogP contribution in [0.2, 0.25) is 0 Å². The molecule has 0 amide bonds. The Morgan fingerprint density at radius 1 is 1.42 bits per heavy atom. The highest BCUT2D eigenvalue weighted by Crippen LogP contribution is 2.24. The van der Waals surface area contributed by atoms with Gasteiger partial charge in [0, 0.05) is 19.2 Å². The average molecular weight is 288 g/mol. The van der Waals surface area contributed by atoms with Gasteiger partial charge in [-0.1, -0.05) is 6.07 Å². The Morgan fingerprint density at radius 3 is 2.47 bits per heavy atom. The summed E-state index contributed by atoms with van der Waals surface area (Å²) in [5, 5.41) is 19.9. The van der Waals surface area contributed by atoms with Crippen LogP contribution in [0, 0.1) is 10.1 Å². The number of benzene rings is 1. The number of nitro groups is 1. The van der Waals surface area contributed by atoms with Crippen molar-refractivity contribution in [2.75, 3.05) is 13.7 Å². The molecular formula is C11H16N2O5S. The molecule has 0 heterocycles. The van der Waals surface area contributed by atoms with Crippen molar-refractivity contribution in [2.24, 2.45) is 0 Å². The van der Waals surface area contributed by atoms with E-state index in [0.29, 0.717) is 0 Å². The molecular weight excluding hydrogens is 272 g/mol. The number of rotatable bonds is 5. The van der Waals surface area contributed by atoms with Gasteiger partial charge in [-0.25, -0.2) is 8.42 Å². The fourth-order valence-electron chi connectivity index (χ4n) is 1.34. The van der Waals surface area contributed by atoms with Crippen LogP contribution in [0.5, 0.6) is 0 Å². The Kier molecular flexibility index (Phi) is 4.28. The predicted molar refractivity (Wildman–Crippen MR) is 69.2 cm³/mol. The number of aliphatic hydroxyl groups excluding tert-OH is 1. The molecule has 1 aromatic rings. The topological polar surface area (TPSA) is 101 Å². The maximum Gasteiger partial charge on any atom is 0.270 e. The molecule has 7 nitrogen and oxygen atoms in total. The molecule has 1 rings (SSSR count). The lowest BCUT2D eigenvalue weighted by Crippen LogP contribution is -2.47. The van der Waals surface area contributed by atoms with Crippen molar-refractivity contribution < 1.29 is 18.4 Å². The minimum absolute atomic E-state index is 0.175. The highest BCUT2D eigenvalue weighted by Gasteiger charge is 2.34. The van der Waals surface area contributed by atoms with E-state index >= 15 is 0 Å². The second kappa shape index (κ2) is 5.24.